The van der Waals surface area contributed by atoms with Gasteiger partial charge in [-0.05, 0) is 42.8 Å². The molecule has 1 aliphatic rings. The fourth-order valence-corrected chi connectivity index (χ4v) is 5.62. The number of anilines is 2. The van der Waals surface area contributed by atoms with Gasteiger partial charge in [0.25, 0.3) is 10.0 Å². The van der Waals surface area contributed by atoms with Crippen molar-refractivity contribution >= 4 is 31.4 Å². The monoisotopic (exact) mass is 420 g/mol. The van der Waals surface area contributed by atoms with Crippen molar-refractivity contribution in [2.75, 3.05) is 21.3 Å². The van der Waals surface area contributed by atoms with Crippen LogP contribution in [0.2, 0.25) is 0 Å². The topological polar surface area (TPSA) is 83.6 Å². The van der Waals surface area contributed by atoms with Gasteiger partial charge in [-0.15, -0.1) is 0 Å². The lowest BCUT2D eigenvalue weighted by atomic mass is 10.2. The molecule has 1 fully saturated rings. The smallest absolute Gasteiger partial charge is 0.280 e. The molecule has 27 heavy (non-hydrogen) atoms. The van der Waals surface area contributed by atoms with Crippen molar-refractivity contribution in [1.29, 1.82) is 0 Å². The Bertz CT molecular complexity index is 1050. The SMILES string of the molecule is O=S(=O)(Nc1ccc(N2CCCS2(=O)=O)cc1)c1ccccc1C(F)(F)F. The highest BCUT2D eigenvalue weighted by Crippen LogP contribution is 2.35. The number of nitrogens with one attached hydrogen (secondary N) is 1. The van der Waals surface area contributed by atoms with Gasteiger partial charge in [0.1, 0.15) is 0 Å². The lowest BCUT2D eigenvalue weighted by Crippen LogP contribution is -2.25. The average molecular weight is 420 g/mol. The zero-order chi connectivity index (χ0) is 19.9. The van der Waals surface area contributed by atoms with E-state index in [1.54, 1.807) is 0 Å². The van der Waals surface area contributed by atoms with E-state index in [9.17, 15) is 30.0 Å². The standard InChI is InChI=1S/C16H15F3N2O4S2/c17-16(18,19)14-4-1-2-5-15(14)27(24,25)20-12-6-8-13(9-7-12)21-10-3-11-26(21,22)23/h1-2,4-9,20H,3,10-11H2. The molecule has 1 saturated heterocycles. The van der Waals surface area contributed by atoms with E-state index < -0.39 is 36.7 Å². The molecule has 2 aromatic rings. The first-order chi connectivity index (χ1) is 12.5. The molecule has 11 heteroatoms. The van der Waals surface area contributed by atoms with Gasteiger partial charge in [0.2, 0.25) is 10.0 Å². The highest BCUT2D eigenvalue weighted by Gasteiger charge is 2.37. The summed E-state index contributed by atoms with van der Waals surface area (Å²) >= 11 is 0. The number of sulfonamides is 2. The predicted molar refractivity (Wildman–Crippen MR) is 94.4 cm³/mol. The van der Waals surface area contributed by atoms with Crippen LogP contribution in [0.4, 0.5) is 24.5 Å². The van der Waals surface area contributed by atoms with Crippen LogP contribution in [0.15, 0.2) is 53.4 Å². The van der Waals surface area contributed by atoms with Crippen LogP contribution >= 0.6 is 0 Å². The molecule has 0 unspecified atom stereocenters. The fraction of sp³-hybridized carbons (Fsp3) is 0.250. The van der Waals surface area contributed by atoms with Crippen LogP contribution in [0, 0.1) is 0 Å². The minimum atomic E-state index is -4.82. The molecule has 1 heterocycles. The lowest BCUT2D eigenvalue weighted by molar-refractivity contribution is -0.139. The maximum atomic E-state index is 13.1. The second-order valence-corrected chi connectivity index (χ2v) is 9.55. The van der Waals surface area contributed by atoms with Crippen LogP contribution < -0.4 is 9.03 Å². The number of nitrogens with zero attached hydrogens (tertiary/aromatic N) is 1. The summed E-state index contributed by atoms with van der Waals surface area (Å²) in [7, 11) is -7.87. The number of rotatable bonds is 4. The summed E-state index contributed by atoms with van der Waals surface area (Å²) in [4.78, 5) is -0.885. The Balaban J connectivity index is 1.88. The van der Waals surface area contributed by atoms with E-state index in [4.69, 9.17) is 0 Å². The van der Waals surface area contributed by atoms with Crippen LogP contribution in [-0.4, -0.2) is 29.1 Å². The van der Waals surface area contributed by atoms with Gasteiger partial charge in [-0.3, -0.25) is 9.03 Å². The van der Waals surface area contributed by atoms with E-state index in [2.05, 4.69) is 4.72 Å². The van der Waals surface area contributed by atoms with E-state index >= 15 is 0 Å². The van der Waals surface area contributed by atoms with Crippen LogP contribution in [0.3, 0.4) is 0 Å². The number of alkyl halides is 3. The molecule has 0 aliphatic carbocycles. The zero-order valence-corrected chi connectivity index (χ0v) is 15.4. The Morgan fingerprint density at radius 3 is 2.19 bits per heavy atom. The Morgan fingerprint density at radius 2 is 1.63 bits per heavy atom. The molecule has 1 aliphatic heterocycles. The third-order valence-corrected chi connectivity index (χ3v) is 7.30. The third-order valence-electron chi connectivity index (χ3n) is 3.99. The van der Waals surface area contributed by atoms with Crippen LogP contribution in [0.25, 0.3) is 0 Å². The largest absolute Gasteiger partial charge is 0.417 e. The van der Waals surface area contributed by atoms with Crippen molar-refractivity contribution in [2.24, 2.45) is 0 Å². The van der Waals surface area contributed by atoms with E-state index in [0.29, 0.717) is 24.7 Å². The minimum Gasteiger partial charge on any atom is -0.280 e. The van der Waals surface area contributed by atoms with Gasteiger partial charge in [-0.25, -0.2) is 16.8 Å². The quantitative estimate of drug-likeness (QED) is 0.824. The van der Waals surface area contributed by atoms with Crippen LogP contribution in [0.1, 0.15) is 12.0 Å². The Hall–Kier alpha value is -2.27. The minimum absolute atomic E-state index is 0.0207. The number of halogens is 3. The van der Waals surface area contributed by atoms with Crippen molar-refractivity contribution in [1.82, 2.24) is 0 Å². The van der Waals surface area contributed by atoms with Crippen LogP contribution in [-0.2, 0) is 26.2 Å². The van der Waals surface area contributed by atoms with E-state index in [0.717, 1.165) is 12.1 Å². The lowest BCUT2D eigenvalue weighted by Gasteiger charge is -2.18. The molecule has 0 radical (unpaired) electrons. The Morgan fingerprint density at radius 1 is 1.00 bits per heavy atom. The molecule has 6 nitrogen and oxygen atoms in total. The van der Waals surface area contributed by atoms with Gasteiger partial charge in [-0.2, -0.15) is 13.2 Å². The normalized spacial score (nSPS) is 17.1. The summed E-state index contributed by atoms with van der Waals surface area (Å²) in [6.45, 7) is 0.326. The first-order valence-corrected chi connectivity index (χ1v) is 10.9. The van der Waals surface area contributed by atoms with E-state index in [-0.39, 0.29) is 11.4 Å². The Labute approximate surface area is 154 Å². The van der Waals surface area contributed by atoms with E-state index in [1.165, 1.54) is 34.6 Å². The predicted octanol–water partition coefficient (Wildman–Crippen LogP) is 3.05. The molecule has 0 atom stereocenters. The van der Waals surface area contributed by atoms with Gasteiger partial charge in [-0.1, -0.05) is 12.1 Å². The molecule has 2 aromatic carbocycles. The summed E-state index contributed by atoms with van der Waals surface area (Å²) in [5, 5.41) is 0. The van der Waals surface area contributed by atoms with Gasteiger partial charge >= 0.3 is 6.18 Å². The first-order valence-electron chi connectivity index (χ1n) is 7.80. The molecular formula is C16H15F3N2O4S2. The molecule has 0 bridgehead atoms. The van der Waals surface area contributed by atoms with Crippen molar-refractivity contribution in [3.8, 4) is 0 Å². The molecule has 0 amide bonds. The maximum absolute atomic E-state index is 13.1. The molecule has 146 valence electrons. The molecule has 0 saturated carbocycles. The zero-order valence-electron chi connectivity index (χ0n) is 13.8. The van der Waals surface area contributed by atoms with Crippen LogP contribution in [0.5, 0.6) is 0 Å². The highest BCUT2D eigenvalue weighted by atomic mass is 32.2. The average Bonchev–Trinajstić information content (AvgIpc) is 2.94. The van der Waals surface area contributed by atoms with Gasteiger partial charge in [0.15, 0.2) is 0 Å². The first kappa shape index (κ1) is 19.5. The third kappa shape index (κ3) is 4.03. The molecule has 1 N–H and O–H groups in total. The highest BCUT2D eigenvalue weighted by molar-refractivity contribution is 7.93. The van der Waals surface area contributed by atoms with Gasteiger partial charge in [0, 0.05) is 12.2 Å². The molecule has 0 spiro atoms. The van der Waals surface area contributed by atoms with E-state index in [1.807, 2.05) is 0 Å². The number of benzene rings is 2. The van der Waals surface area contributed by atoms with Gasteiger partial charge < -0.3 is 0 Å². The summed E-state index contributed by atoms with van der Waals surface area (Å²) in [6, 6.07) is 9.27. The summed E-state index contributed by atoms with van der Waals surface area (Å²) in [5.41, 5.74) is -0.879. The van der Waals surface area contributed by atoms with Gasteiger partial charge in [0.05, 0.1) is 21.9 Å². The summed E-state index contributed by atoms with van der Waals surface area (Å²) < 4.78 is 91.1. The number of hydrogen-bond acceptors (Lipinski definition) is 4. The second kappa shape index (κ2) is 6.71. The second-order valence-electron chi connectivity index (χ2n) is 5.89. The fourth-order valence-electron chi connectivity index (χ4n) is 2.77. The summed E-state index contributed by atoms with van der Waals surface area (Å²) in [6.07, 6.45) is -4.33. The molecule has 0 aromatic heterocycles. The van der Waals surface area contributed by atoms with Crippen molar-refractivity contribution in [3.05, 3.63) is 54.1 Å². The summed E-state index contributed by atoms with van der Waals surface area (Å²) in [5.74, 6) is 0.0373. The maximum Gasteiger partial charge on any atom is 0.417 e. The molecular weight excluding hydrogens is 405 g/mol. The Kier molecular flexibility index (Phi) is 4.85. The number of hydrogen-bond donors (Lipinski definition) is 1. The van der Waals surface area contributed by atoms with Crippen molar-refractivity contribution < 1.29 is 30.0 Å². The molecule has 3 rings (SSSR count). The van der Waals surface area contributed by atoms with Crippen molar-refractivity contribution in [2.45, 2.75) is 17.5 Å². The van der Waals surface area contributed by atoms with Crippen molar-refractivity contribution in [3.63, 3.8) is 0 Å².